The topological polar surface area (TPSA) is 475 Å². The number of aliphatic hydroxyl groups excluding tert-OH is 18. The van der Waals surface area contributed by atoms with Crippen LogP contribution in [0.15, 0.2) is 0 Å². The van der Waals surface area contributed by atoms with Crippen molar-refractivity contribution in [2.24, 2.45) is 0 Å². The zero-order chi connectivity index (χ0) is 48.0. The summed E-state index contributed by atoms with van der Waals surface area (Å²) in [6.45, 7) is -5.99. The van der Waals surface area contributed by atoms with E-state index in [2.05, 4.69) is 0 Å². The van der Waals surface area contributed by atoms with E-state index in [1.54, 1.807) is 0 Å². The summed E-state index contributed by atoms with van der Waals surface area (Å²) in [5.74, 6) is 0. The van der Waals surface area contributed by atoms with Crippen molar-refractivity contribution in [2.75, 3.05) is 39.6 Å². The summed E-state index contributed by atoms with van der Waals surface area (Å²) in [5.41, 5.74) is 0. The predicted molar refractivity (Wildman–Crippen MR) is 196 cm³/mol. The lowest BCUT2D eigenvalue weighted by atomic mass is 9.94. The van der Waals surface area contributed by atoms with Crippen LogP contribution in [-0.2, 0) is 56.8 Å². The Hall–Kier alpha value is -1.20. The lowest BCUT2D eigenvalue weighted by Gasteiger charge is -2.50. The normalized spacial score (nSPS) is 55.4. The van der Waals surface area contributed by atoms with E-state index in [0.717, 1.165) is 0 Å². The third kappa shape index (κ3) is 10.0. The van der Waals surface area contributed by atoms with E-state index in [9.17, 15) is 91.9 Å². The quantitative estimate of drug-likeness (QED) is 0.117. The van der Waals surface area contributed by atoms with Gasteiger partial charge in [0.2, 0.25) is 0 Å². The van der Waals surface area contributed by atoms with Crippen LogP contribution in [0.4, 0.5) is 0 Å². The minimum atomic E-state index is -2.15. The van der Waals surface area contributed by atoms with Crippen LogP contribution in [0.2, 0.25) is 0 Å². The van der Waals surface area contributed by atoms with Gasteiger partial charge in [0, 0.05) is 0 Å². The van der Waals surface area contributed by atoms with Crippen molar-refractivity contribution in [3.63, 3.8) is 0 Å². The van der Waals surface area contributed by atoms with Crippen molar-refractivity contribution < 1.29 is 149 Å². The molecule has 22 fully saturated rings. The van der Waals surface area contributed by atoms with Gasteiger partial charge in [-0.25, -0.2) is 0 Å². The molecule has 384 valence electrons. The number of rotatable bonds is 6. The molecule has 0 spiro atoms. The zero-order valence-corrected chi connectivity index (χ0v) is 34.5. The Balaban J connectivity index is 1.19. The first kappa shape index (κ1) is 52.6. The minimum Gasteiger partial charge on any atom is -0.394 e. The van der Waals surface area contributed by atoms with Gasteiger partial charge in [0.25, 0.3) is 0 Å². The number of ether oxygens (including phenoxy) is 12. The van der Waals surface area contributed by atoms with E-state index in [0.29, 0.717) is 0 Å². The molecule has 30 nitrogen and oxygen atoms in total. The third-order valence-corrected chi connectivity index (χ3v) is 12.7. The Morgan fingerprint density at radius 1 is 0.182 bits per heavy atom. The van der Waals surface area contributed by atoms with Crippen molar-refractivity contribution in [1.29, 1.82) is 0 Å². The summed E-state index contributed by atoms with van der Waals surface area (Å²) in [4.78, 5) is 0. The molecule has 0 aromatic heterocycles. The highest BCUT2D eigenvalue weighted by atomic mass is 16.8. The van der Waals surface area contributed by atoms with E-state index in [4.69, 9.17) is 56.8 Å². The molecule has 30 heteroatoms. The van der Waals surface area contributed by atoms with Crippen LogP contribution >= 0.6 is 0 Å². The second-order valence-corrected chi connectivity index (χ2v) is 16.8. The van der Waals surface area contributed by atoms with Gasteiger partial charge < -0.3 is 149 Å². The lowest BCUT2D eigenvalue weighted by Crippen LogP contribution is -2.69. The maximum Gasteiger partial charge on any atom is 0.187 e. The molecule has 30 atom stereocenters. The molecule has 0 amide bonds. The van der Waals surface area contributed by atoms with E-state index < -0.39 is 224 Å². The highest BCUT2D eigenvalue weighted by Crippen LogP contribution is 2.38. The summed E-state index contributed by atoms with van der Waals surface area (Å²) >= 11 is 0. The molecule has 22 heterocycles. The molecule has 22 aliphatic rings. The van der Waals surface area contributed by atoms with Gasteiger partial charge in [0.1, 0.15) is 146 Å². The minimum absolute atomic E-state index is 0.999. The first-order valence-electron chi connectivity index (χ1n) is 21.1. The van der Waals surface area contributed by atoms with Gasteiger partial charge in [-0.15, -0.1) is 0 Å². The monoisotopic (exact) mass is 972 g/mol. The van der Waals surface area contributed by atoms with Crippen LogP contribution in [0.5, 0.6) is 0 Å². The van der Waals surface area contributed by atoms with Crippen LogP contribution < -0.4 is 0 Å². The average molecular weight is 973 g/mol. The standard InChI is InChI=1S/C36H60O30/c37-1-7-25-13(43)19(49)31(55-7)62-26-8(2-38)57-33(21(51)15(26)45)64-28-10(4-40)59-35(23(53)17(28)47)66-30-12(6-42)60-36(24(54)18(30)48)65-29-11(5-41)58-34(22(52)16(29)46)63-27-9(3-39)56-32(61-25)20(50)14(27)44/h7-54H,1-6H2/t7-,8-,9-,10-,11-,12-,13-,14-,15-,16-,17-,18-,19-,20-,21-,22-,23-,24?,25?,26?,27-,28?,29?,30-,31?,32?,33?,34?,35?,36?/m1/s1. The van der Waals surface area contributed by atoms with Crippen molar-refractivity contribution in [3.8, 4) is 0 Å². The van der Waals surface area contributed by atoms with E-state index in [1.165, 1.54) is 0 Å². The Morgan fingerprint density at radius 3 is 0.409 bits per heavy atom. The second-order valence-electron chi connectivity index (χ2n) is 16.8. The first-order chi connectivity index (χ1) is 31.4. The van der Waals surface area contributed by atoms with Gasteiger partial charge >= 0.3 is 0 Å². The van der Waals surface area contributed by atoms with Gasteiger partial charge in [0.05, 0.1) is 39.6 Å². The molecule has 0 saturated carbocycles. The smallest absolute Gasteiger partial charge is 0.187 e. The third-order valence-electron chi connectivity index (χ3n) is 12.7. The summed E-state index contributed by atoms with van der Waals surface area (Å²) in [5, 5.41) is 196. The van der Waals surface area contributed by atoms with Crippen molar-refractivity contribution in [2.45, 2.75) is 184 Å². The van der Waals surface area contributed by atoms with E-state index >= 15 is 0 Å². The molecule has 22 saturated heterocycles. The van der Waals surface area contributed by atoms with Crippen molar-refractivity contribution >= 4 is 0 Å². The molecule has 0 radical (unpaired) electrons. The summed E-state index contributed by atoms with van der Waals surface area (Å²) in [7, 11) is 0. The van der Waals surface area contributed by atoms with Crippen LogP contribution in [0, 0.1) is 0 Å². The summed E-state index contributed by atoms with van der Waals surface area (Å²) in [6, 6.07) is 0. The SMILES string of the molecule is OC[C@H]1OC2O[C@H]3[C@H](O)[C@@H](O)C(OC4[C@@H](CO)OC(OC5[C@@H](CO)OC(OC6[C@@H](CO)OC(O[C@H]7[C@H](O)C(O)C(OC1[C@H](O)[C@H]2O)O[C@@H]7CO)[C@H](O)[C@H]6O)[C@H](O)[C@H]5O)[C@H](O)[C@H]4O)O[C@@H]3CO. The van der Waals surface area contributed by atoms with Gasteiger partial charge in [-0.2, -0.15) is 0 Å². The molecule has 22 aliphatic heterocycles. The fourth-order valence-corrected chi connectivity index (χ4v) is 8.93. The highest BCUT2D eigenvalue weighted by molar-refractivity contribution is 5.01. The van der Waals surface area contributed by atoms with Crippen molar-refractivity contribution in [1.82, 2.24) is 0 Å². The van der Waals surface area contributed by atoms with Gasteiger partial charge in [-0.1, -0.05) is 0 Å². The second kappa shape index (κ2) is 22.1. The zero-order valence-electron chi connectivity index (χ0n) is 34.5. The fourth-order valence-electron chi connectivity index (χ4n) is 8.93. The molecular weight excluding hydrogens is 912 g/mol. The van der Waals surface area contributed by atoms with E-state index in [-0.39, 0.29) is 0 Å². The van der Waals surface area contributed by atoms with Gasteiger partial charge in [-0.3, -0.25) is 0 Å². The Morgan fingerprint density at radius 2 is 0.303 bits per heavy atom. The Kier molecular flexibility index (Phi) is 17.6. The van der Waals surface area contributed by atoms with E-state index in [1.807, 2.05) is 0 Å². The summed E-state index contributed by atoms with van der Waals surface area (Å²) in [6.07, 6.45) is -58.5. The average Bonchev–Trinajstić information content (AvgIpc) is 3.31. The molecule has 0 aliphatic carbocycles. The van der Waals surface area contributed by atoms with Crippen LogP contribution in [-0.4, -0.2) is 316 Å². The first-order valence-corrected chi connectivity index (χ1v) is 21.1. The molecule has 66 heavy (non-hydrogen) atoms. The molecular formula is C36H60O30. The molecule has 0 aromatic rings. The van der Waals surface area contributed by atoms with Crippen molar-refractivity contribution in [3.05, 3.63) is 0 Å². The Bertz CT molecular complexity index is 1230. The fraction of sp³-hybridized carbons (Fsp3) is 1.00. The van der Waals surface area contributed by atoms with Gasteiger partial charge in [0.15, 0.2) is 37.7 Å². The number of hydrogen-bond donors (Lipinski definition) is 18. The highest BCUT2D eigenvalue weighted by Gasteiger charge is 2.58. The molecule has 22 rings (SSSR count). The molecule has 11 unspecified atom stereocenters. The number of aliphatic hydroxyl groups is 18. The maximum atomic E-state index is 11.2. The molecule has 18 N–H and O–H groups in total. The lowest BCUT2D eigenvalue weighted by molar-refractivity contribution is -0.404. The van der Waals surface area contributed by atoms with Crippen LogP contribution in [0.25, 0.3) is 0 Å². The van der Waals surface area contributed by atoms with Crippen LogP contribution in [0.3, 0.4) is 0 Å². The largest absolute Gasteiger partial charge is 0.394 e. The van der Waals surface area contributed by atoms with Crippen LogP contribution in [0.1, 0.15) is 0 Å². The molecule has 0 aromatic carbocycles. The maximum absolute atomic E-state index is 11.2. The Labute approximate surface area is 372 Å². The predicted octanol–water partition coefficient (Wildman–Crippen LogP) is -13.1. The van der Waals surface area contributed by atoms with Gasteiger partial charge in [-0.05, 0) is 0 Å². The molecule has 12 bridgehead atoms. The summed E-state index contributed by atoms with van der Waals surface area (Å²) < 4.78 is 67.9. The number of hydrogen-bond acceptors (Lipinski definition) is 30.